The van der Waals surface area contributed by atoms with Crippen molar-refractivity contribution < 1.29 is 14.3 Å². The van der Waals surface area contributed by atoms with E-state index in [-0.39, 0.29) is 12.5 Å². The van der Waals surface area contributed by atoms with Gasteiger partial charge in [-0.05, 0) is 48.7 Å². The number of nitrogens with zero attached hydrogens (tertiary/aromatic N) is 3. The van der Waals surface area contributed by atoms with Gasteiger partial charge in [-0.1, -0.05) is 30.3 Å². The zero-order chi connectivity index (χ0) is 24.4. The second-order valence-corrected chi connectivity index (χ2v) is 8.75. The number of benzene rings is 2. The number of pyridine rings is 1. The molecule has 9 heteroatoms. The van der Waals surface area contributed by atoms with Crippen LogP contribution >= 0.6 is 11.3 Å². The number of rotatable bonds is 7. The van der Waals surface area contributed by atoms with Crippen LogP contribution in [-0.2, 0) is 4.79 Å². The van der Waals surface area contributed by atoms with Crippen LogP contribution < -0.4 is 15.8 Å². The fraction of sp³-hybridized carbons (Fsp3) is 0.0769. The van der Waals surface area contributed by atoms with Gasteiger partial charge in [0.05, 0.1) is 32.9 Å². The van der Waals surface area contributed by atoms with E-state index in [1.54, 1.807) is 46.4 Å². The normalized spacial score (nSPS) is 10.9. The first-order valence-electron chi connectivity index (χ1n) is 10.8. The Morgan fingerprint density at radius 1 is 1.06 bits per heavy atom. The largest absolute Gasteiger partial charge is 0.484 e. The first kappa shape index (κ1) is 22.3. The van der Waals surface area contributed by atoms with Crippen molar-refractivity contribution in [1.29, 1.82) is 0 Å². The Labute approximate surface area is 205 Å². The number of nitrogens with two attached hydrogens (primary N) is 1. The molecule has 0 fully saturated rings. The molecule has 0 aliphatic carbocycles. The number of ether oxygens (including phenoxy) is 1. The SMILES string of the molecule is Cc1nn(-c2ccccc2)c2nc(-c3cccs3)cc(C(=O)Nc3cccc(OCC(N)=O)c3)c12. The minimum Gasteiger partial charge on any atom is -0.484 e. The van der Waals surface area contributed by atoms with Crippen LogP contribution in [0.5, 0.6) is 5.75 Å². The fourth-order valence-electron chi connectivity index (χ4n) is 3.78. The zero-order valence-corrected chi connectivity index (χ0v) is 19.6. The third-order valence-electron chi connectivity index (χ3n) is 5.30. The Bertz CT molecular complexity index is 1530. The quantitative estimate of drug-likeness (QED) is 0.352. The van der Waals surface area contributed by atoms with Gasteiger partial charge in [0.1, 0.15) is 5.75 Å². The molecule has 0 saturated carbocycles. The van der Waals surface area contributed by atoms with E-state index in [9.17, 15) is 9.59 Å². The standard InChI is InChI=1S/C26H21N5O3S/c1-16-24-20(26(33)28-17-7-5-10-19(13-17)34-15-23(27)32)14-21(22-11-6-12-35-22)29-25(24)31(30-16)18-8-3-2-4-9-18/h2-14H,15H2,1H3,(H2,27,32)(H,28,33). The number of anilines is 1. The first-order valence-corrected chi connectivity index (χ1v) is 11.7. The molecule has 0 saturated heterocycles. The lowest BCUT2D eigenvalue weighted by Gasteiger charge is -2.11. The van der Waals surface area contributed by atoms with E-state index in [1.165, 1.54) is 0 Å². The smallest absolute Gasteiger partial charge is 0.256 e. The van der Waals surface area contributed by atoms with Crippen LogP contribution in [0.3, 0.4) is 0 Å². The number of amides is 2. The molecule has 2 aromatic carbocycles. The maximum atomic E-state index is 13.5. The third-order valence-corrected chi connectivity index (χ3v) is 6.20. The van der Waals surface area contributed by atoms with E-state index in [4.69, 9.17) is 20.6 Å². The molecule has 0 unspecified atom stereocenters. The van der Waals surface area contributed by atoms with Crippen molar-refractivity contribution in [2.24, 2.45) is 5.73 Å². The molecule has 0 aliphatic heterocycles. The van der Waals surface area contributed by atoms with Gasteiger partial charge in [-0.25, -0.2) is 9.67 Å². The minimum atomic E-state index is -0.578. The molecular weight excluding hydrogens is 462 g/mol. The lowest BCUT2D eigenvalue weighted by Crippen LogP contribution is -2.20. The monoisotopic (exact) mass is 483 g/mol. The number of nitrogens with one attached hydrogen (secondary N) is 1. The average molecular weight is 484 g/mol. The van der Waals surface area contributed by atoms with E-state index in [0.29, 0.717) is 39.4 Å². The molecule has 0 radical (unpaired) electrons. The molecule has 0 spiro atoms. The summed E-state index contributed by atoms with van der Waals surface area (Å²) in [6, 6.07) is 22.2. The molecule has 3 aromatic heterocycles. The summed E-state index contributed by atoms with van der Waals surface area (Å²) in [7, 11) is 0. The number of carbonyl (C=O) groups is 2. The maximum absolute atomic E-state index is 13.5. The topological polar surface area (TPSA) is 112 Å². The minimum absolute atomic E-state index is 0.246. The van der Waals surface area contributed by atoms with Crippen LogP contribution in [0.1, 0.15) is 16.1 Å². The lowest BCUT2D eigenvalue weighted by molar-refractivity contribution is -0.119. The van der Waals surface area contributed by atoms with Gasteiger partial charge in [-0.15, -0.1) is 11.3 Å². The Balaban J connectivity index is 1.59. The summed E-state index contributed by atoms with van der Waals surface area (Å²) in [5.41, 5.74) is 8.97. The summed E-state index contributed by atoms with van der Waals surface area (Å²) in [5, 5.41) is 10.3. The molecular formula is C26H21N5O3S. The van der Waals surface area contributed by atoms with Gasteiger partial charge in [0.25, 0.3) is 11.8 Å². The van der Waals surface area contributed by atoms with Crippen molar-refractivity contribution in [3.05, 3.63) is 89.4 Å². The summed E-state index contributed by atoms with van der Waals surface area (Å²) in [6.07, 6.45) is 0. The van der Waals surface area contributed by atoms with E-state index in [2.05, 4.69) is 5.32 Å². The number of thiophene rings is 1. The molecule has 3 N–H and O–H groups in total. The summed E-state index contributed by atoms with van der Waals surface area (Å²) < 4.78 is 7.12. The maximum Gasteiger partial charge on any atom is 0.256 e. The molecule has 0 bridgehead atoms. The van der Waals surface area contributed by atoms with Crippen LogP contribution in [0, 0.1) is 6.92 Å². The second-order valence-electron chi connectivity index (χ2n) is 7.80. The first-order chi connectivity index (χ1) is 17.0. The Hall–Kier alpha value is -4.50. The van der Waals surface area contributed by atoms with Gasteiger partial charge in [0.2, 0.25) is 0 Å². The molecule has 2 amide bonds. The van der Waals surface area contributed by atoms with E-state index >= 15 is 0 Å². The Morgan fingerprint density at radius 2 is 1.89 bits per heavy atom. The number of hydrogen-bond donors (Lipinski definition) is 2. The van der Waals surface area contributed by atoms with Crippen LogP contribution in [0.15, 0.2) is 78.2 Å². The summed E-state index contributed by atoms with van der Waals surface area (Å²) in [4.78, 5) is 30.4. The number of carbonyl (C=O) groups excluding carboxylic acids is 2. The highest BCUT2D eigenvalue weighted by Gasteiger charge is 2.21. The molecule has 0 atom stereocenters. The fourth-order valence-corrected chi connectivity index (χ4v) is 4.47. The molecule has 174 valence electrons. The van der Waals surface area contributed by atoms with Gasteiger partial charge in [0, 0.05) is 11.8 Å². The van der Waals surface area contributed by atoms with Crippen LogP contribution in [0.4, 0.5) is 5.69 Å². The van der Waals surface area contributed by atoms with E-state index in [0.717, 1.165) is 10.6 Å². The van der Waals surface area contributed by atoms with Crippen LogP contribution in [0.2, 0.25) is 0 Å². The van der Waals surface area contributed by atoms with Gasteiger partial charge in [0.15, 0.2) is 12.3 Å². The highest BCUT2D eigenvalue weighted by atomic mass is 32.1. The predicted molar refractivity (Wildman–Crippen MR) is 136 cm³/mol. The Morgan fingerprint density at radius 3 is 2.63 bits per heavy atom. The zero-order valence-electron chi connectivity index (χ0n) is 18.8. The van der Waals surface area contributed by atoms with Gasteiger partial charge < -0.3 is 15.8 Å². The third kappa shape index (κ3) is 4.62. The summed E-state index contributed by atoms with van der Waals surface area (Å²) in [6.45, 7) is 1.62. The molecule has 8 nitrogen and oxygen atoms in total. The number of hydrogen-bond acceptors (Lipinski definition) is 6. The van der Waals surface area contributed by atoms with Crippen molar-refractivity contribution in [2.45, 2.75) is 6.92 Å². The van der Waals surface area contributed by atoms with E-state index in [1.807, 2.05) is 54.8 Å². The highest BCUT2D eigenvalue weighted by Crippen LogP contribution is 2.31. The van der Waals surface area contributed by atoms with Crippen molar-refractivity contribution in [2.75, 3.05) is 11.9 Å². The highest BCUT2D eigenvalue weighted by molar-refractivity contribution is 7.13. The summed E-state index contributed by atoms with van der Waals surface area (Å²) >= 11 is 1.55. The number of para-hydroxylation sites is 1. The number of aryl methyl sites for hydroxylation is 1. The van der Waals surface area contributed by atoms with Crippen molar-refractivity contribution in [1.82, 2.24) is 14.8 Å². The lowest BCUT2D eigenvalue weighted by atomic mass is 10.1. The molecule has 5 aromatic rings. The number of fused-ring (bicyclic) bond motifs is 1. The summed E-state index contributed by atoms with van der Waals surface area (Å²) in [5.74, 6) is -0.461. The van der Waals surface area contributed by atoms with E-state index < -0.39 is 5.91 Å². The average Bonchev–Trinajstić information content (AvgIpc) is 3.52. The molecule has 5 rings (SSSR count). The predicted octanol–water partition coefficient (Wildman–Crippen LogP) is 4.57. The van der Waals surface area contributed by atoms with Crippen molar-refractivity contribution in [3.63, 3.8) is 0 Å². The molecule has 35 heavy (non-hydrogen) atoms. The van der Waals surface area contributed by atoms with Gasteiger partial charge in [-0.2, -0.15) is 5.10 Å². The number of primary amides is 1. The van der Waals surface area contributed by atoms with Crippen molar-refractivity contribution in [3.8, 4) is 22.0 Å². The Kier molecular flexibility index (Phi) is 5.99. The van der Waals surface area contributed by atoms with Crippen LogP contribution in [0.25, 0.3) is 27.3 Å². The molecule has 3 heterocycles. The van der Waals surface area contributed by atoms with Crippen molar-refractivity contribution >= 4 is 39.9 Å². The molecule has 0 aliphatic rings. The van der Waals surface area contributed by atoms with Gasteiger partial charge >= 0.3 is 0 Å². The van der Waals surface area contributed by atoms with Crippen LogP contribution in [-0.4, -0.2) is 33.2 Å². The second kappa shape index (κ2) is 9.40. The number of aromatic nitrogens is 3. The van der Waals surface area contributed by atoms with Gasteiger partial charge in [-0.3, -0.25) is 9.59 Å².